The Bertz CT molecular complexity index is 1690. The number of imidazole rings is 1. The number of carbonyl (C=O) groups is 3. The van der Waals surface area contributed by atoms with Gasteiger partial charge in [0.05, 0.1) is 16.7 Å². The number of carbonyl (C=O) groups excluding carboxylic acids is 2. The first-order valence-electron chi connectivity index (χ1n) is 15.1. The highest BCUT2D eigenvalue weighted by Gasteiger charge is 2.42. The van der Waals surface area contributed by atoms with Crippen LogP contribution in [0.2, 0.25) is 0 Å². The predicted octanol–water partition coefficient (Wildman–Crippen LogP) is 6.33. The lowest BCUT2D eigenvalue weighted by atomic mass is 9.94. The van der Waals surface area contributed by atoms with Crippen LogP contribution in [0.25, 0.3) is 28.6 Å². The van der Waals surface area contributed by atoms with Gasteiger partial charge < -0.3 is 24.9 Å². The fourth-order valence-electron chi connectivity index (χ4n) is 6.60. The van der Waals surface area contributed by atoms with Gasteiger partial charge in [0.2, 0.25) is 5.91 Å². The molecule has 0 atom stereocenters. The Labute approximate surface area is 250 Å². The number of carboxylic acids is 1. The molecule has 9 nitrogen and oxygen atoms in total. The molecule has 0 aliphatic heterocycles. The van der Waals surface area contributed by atoms with Crippen LogP contribution in [-0.2, 0) is 16.6 Å². The number of aliphatic carboxylic acids is 1. The fraction of sp³-hybridized carbons (Fsp3) is 0.353. The monoisotopic (exact) mass is 579 g/mol. The lowest BCUT2D eigenvalue weighted by Crippen LogP contribution is -2.55. The fourth-order valence-corrected chi connectivity index (χ4v) is 6.60. The topological polar surface area (TPSA) is 118 Å². The van der Waals surface area contributed by atoms with Crippen molar-refractivity contribution in [2.75, 3.05) is 5.32 Å². The zero-order valence-electron chi connectivity index (χ0n) is 24.4. The minimum absolute atomic E-state index is 0.249. The molecule has 3 N–H and O–H groups in total. The zero-order chi connectivity index (χ0) is 30.0. The van der Waals surface area contributed by atoms with Gasteiger partial charge in [-0.15, -0.1) is 0 Å². The van der Waals surface area contributed by atoms with Gasteiger partial charge in [-0.1, -0.05) is 44.2 Å². The quantitative estimate of drug-likeness (QED) is 0.211. The van der Waals surface area contributed by atoms with E-state index in [1.165, 1.54) is 25.3 Å². The minimum Gasteiger partial charge on any atom is -0.478 e. The Balaban J connectivity index is 1.25. The number of aromatic nitrogens is 3. The molecule has 2 aromatic carbocycles. The largest absolute Gasteiger partial charge is 0.478 e. The molecular formula is C34H37N5O4. The van der Waals surface area contributed by atoms with Crippen molar-refractivity contribution in [3.8, 4) is 11.5 Å². The predicted molar refractivity (Wildman–Crippen MR) is 167 cm³/mol. The second-order valence-corrected chi connectivity index (χ2v) is 11.8. The molecule has 2 amide bonds. The number of fused-ring (bicyclic) bond motifs is 1. The molecular weight excluding hydrogens is 542 g/mol. The number of hydrogen-bond donors (Lipinski definition) is 3. The maximum atomic E-state index is 13.7. The van der Waals surface area contributed by atoms with Crippen molar-refractivity contribution in [3.63, 3.8) is 0 Å². The van der Waals surface area contributed by atoms with E-state index in [1.54, 1.807) is 24.3 Å². The van der Waals surface area contributed by atoms with Crippen LogP contribution in [-0.4, -0.2) is 42.5 Å². The lowest BCUT2D eigenvalue weighted by Gasteiger charge is -2.29. The van der Waals surface area contributed by atoms with E-state index >= 15 is 0 Å². The third-order valence-electron chi connectivity index (χ3n) is 8.90. The highest BCUT2D eigenvalue weighted by Crippen LogP contribution is 2.37. The Kier molecular flexibility index (Phi) is 7.88. The van der Waals surface area contributed by atoms with Crippen LogP contribution >= 0.6 is 0 Å². The van der Waals surface area contributed by atoms with E-state index in [0.29, 0.717) is 35.7 Å². The van der Waals surface area contributed by atoms with E-state index in [-0.39, 0.29) is 11.8 Å². The molecule has 2 heterocycles. The molecule has 2 aromatic heterocycles. The average Bonchev–Trinajstić information content (AvgIpc) is 3.75. The standard InChI is InChI=1S/C34H37N5O4/c1-38-21-7-10-29(38)31-36-27-22-24(14-17-28(27)39(31)26-8-3-2-4-9-26)32(42)37-34(19-5-6-20-34)33(43)35-25-15-11-23(12-16-25)13-18-30(40)41/h7,10-18,21-22,26H,2-6,8-9,19-20H2,1H3,(H,35,43)(H,37,42)(H,40,41)/b18-13+. The maximum Gasteiger partial charge on any atom is 0.328 e. The molecule has 0 bridgehead atoms. The summed E-state index contributed by atoms with van der Waals surface area (Å²) in [5.74, 6) is -0.644. The molecule has 43 heavy (non-hydrogen) atoms. The smallest absolute Gasteiger partial charge is 0.328 e. The number of hydrogen-bond acceptors (Lipinski definition) is 4. The molecule has 2 aliphatic rings. The number of aryl methyl sites for hydroxylation is 1. The molecule has 2 fully saturated rings. The molecule has 2 aliphatic carbocycles. The summed E-state index contributed by atoms with van der Waals surface area (Å²) in [6, 6.07) is 17.1. The van der Waals surface area contributed by atoms with E-state index in [1.807, 2.05) is 37.5 Å². The van der Waals surface area contributed by atoms with Crippen LogP contribution in [0.15, 0.2) is 66.9 Å². The van der Waals surface area contributed by atoms with Gasteiger partial charge in [-0.25, -0.2) is 9.78 Å². The zero-order valence-corrected chi connectivity index (χ0v) is 24.4. The van der Waals surface area contributed by atoms with Crippen LogP contribution in [0.1, 0.15) is 79.8 Å². The first kappa shape index (κ1) is 28.5. The van der Waals surface area contributed by atoms with Gasteiger partial charge in [-0.3, -0.25) is 9.59 Å². The number of nitrogens with zero attached hydrogens (tertiary/aromatic N) is 3. The number of carboxylic acid groups (broad SMARTS) is 1. The molecule has 222 valence electrons. The molecule has 0 spiro atoms. The summed E-state index contributed by atoms with van der Waals surface area (Å²) in [5, 5.41) is 14.9. The second kappa shape index (κ2) is 11.9. The van der Waals surface area contributed by atoms with Crippen molar-refractivity contribution in [2.45, 2.75) is 69.4 Å². The Hall–Kier alpha value is -4.66. The van der Waals surface area contributed by atoms with Crippen molar-refractivity contribution < 1.29 is 19.5 Å². The molecule has 2 saturated carbocycles. The second-order valence-electron chi connectivity index (χ2n) is 11.8. The van der Waals surface area contributed by atoms with Gasteiger partial charge >= 0.3 is 5.97 Å². The van der Waals surface area contributed by atoms with E-state index in [9.17, 15) is 14.4 Å². The summed E-state index contributed by atoms with van der Waals surface area (Å²) >= 11 is 0. The summed E-state index contributed by atoms with van der Waals surface area (Å²) < 4.78 is 4.44. The highest BCUT2D eigenvalue weighted by molar-refractivity contribution is 6.05. The van der Waals surface area contributed by atoms with Crippen LogP contribution in [0.3, 0.4) is 0 Å². The number of anilines is 1. The van der Waals surface area contributed by atoms with Crippen LogP contribution in [0.4, 0.5) is 5.69 Å². The SMILES string of the molecule is Cn1cccc1-c1nc2cc(C(=O)NC3(C(=O)Nc4ccc(/C=C/C(=O)O)cc4)CCCC3)ccc2n1C1CCCCC1. The van der Waals surface area contributed by atoms with Crippen molar-refractivity contribution in [2.24, 2.45) is 7.05 Å². The normalized spacial score (nSPS) is 17.0. The molecule has 4 aromatic rings. The van der Waals surface area contributed by atoms with Crippen LogP contribution in [0.5, 0.6) is 0 Å². The van der Waals surface area contributed by atoms with Gasteiger partial charge in [-0.05, 0) is 79.8 Å². The lowest BCUT2D eigenvalue weighted by molar-refractivity contribution is -0.131. The van der Waals surface area contributed by atoms with Crippen LogP contribution < -0.4 is 10.6 Å². The maximum absolute atomic E-state index is 13.7. The first-order chi connectivity index (χ1) is 20.8. The number of nitrogens with one attached hydrogen (secondary N) is 2. The Morgan fingerprint density at radius 2 is 1.72 bits per heavy atom. The van der Waals surface area contributed by atoms with Crippen molar-refractivity contribution >= 4 is 40.6 Å². The first-order valence-corrected chi connectivity index (χ1v) is 15.1. The van der Waals surface area contributed by atoms with Gasteiger partial charge in [-0.2, -0.15) is 0 Å². The van der Waals surface area contributed by atoms with Crippen molar-refractivity contribution in [1.29, 1.82) is 0 Å². The molecule has 0 radical (unpaired) electrons. The minimum atomic E-state index is -1.02. The van der Waals surface area contributed by atoms with Gasteiger partial charge in [0, 0.05) is 36.6 Å². The average molecular weight is 580 g/mol. The van der Waals surface area contributed by atoms with Gasteiger partial charge in [0.25, 0.3) is 5.91 Å². The third-order valence-corrected chi connectivity index (χ3v) is 8.90. The number of rotatable bonds is 8. The van der Waals surface area contributed by atoms with E-state index in [2.05, 4.69) is 25.8 Å². The van der Waals surface area contributed by atoms with Crippen LogP contribution in [0, 0.1) is 0 Å². The summed E-state index contributed by atoms with van der Waals surface area (Å²) in [6.07, 6.45) is 13.3. The van der Waals surface area contributed by atoms with Crippen molar-refractivity contribution in [1.82, 2.24) is 19.4 Å². The molecule has 0 unspecified atom stereocenters. The summed E-state index contributed by atoms with van der Waals surface area (Å²) in [7, 11) is 2.02. The Morgan fingerprint density at radius 3 is 2.40 bits per heavy atom. The molecule has 9 heteroatoms. The Morgan fingerprint density at radius 1 is 0.977 bits per heavy atom. The van der Waals surface area contributed by atoms with E-state index in [4.69, 9.17) is 10.1 Å². The molecule has 6 rings (SSSR count). The summed E-state index contributed by atoms with van der Waals surface area (Å²) in [4.78, 5) is 43.1. The number of benzene rings is 2. The van der Waals surface area contributed by atoms with E-state index < -0.39 is 11.5 Å². The third kappa shape index (κ3) is 5.84. The highest BCUT2D eigenvalue weighted by atomic mass is 16.4. The van der Waals surface area contributed by atoms with Gasteiger partial charge in [0.1, 0.15) is 5.54 Å². The van der Waals surface area contributed by atoms with Crippen molar-refractivity contribution in [3.05, 3.63) is 78.0 Å². The van der Waals surface area contributed by atoms with E-state index in [0.717, 1.165) is 54.3 Å². The van der Waals surface area contributed by atoms with Gasteiger partial charge in [0.15, 0.2) is 5.82 Å². The molecule has 0 saturated heterocycles. The number of amides is 2. The summed E-state index contributed by atoms with van der Waals surface area (Å²) in [6.45, 7) is 0. The summed E-state index contributed by atoms with van der Waals surface area (Å²) in [5.41, 5.74) is 3.60.